The molecule has 1 aromatic heterocycles. The Hall–Kier alpha value is -1.68. The van der Waals surface area contributed by atoms with Crippen molar-refractivity contribution >= 4 is 0 Å². The van der Waals surface area contributed by atoms with Gasteiger partial charge in [0.15, 0.2) is 5.82 Å². The van der Waals surface area contributed by atoms with Gasteiger partial charge in [0.1, 0.15) is 6.33 Å². The van der Waals surface area contributed by atoms with Gasteiger partial charge in [-0.2, -0.15) is 5.10 Å². The van der Waals surface area contributed by atoms with Crippen LogP contribution in [0.4, 0.5) is 0 Å². The van der Waals surface area contributed by atoms with Crippen LogP contribution in [0, 0.1) is 19.8 Å². The molecule has 20 heavy (non-hydrogen) atoms. The Morgan fingerprint density at radius 1 is 1.25 bits per heavy atom. The molecule has 2 aromatic rings. The van der Waals surface area contributed by atoms with Crippen LogP contribution in [0.25, 0.3) is 0 Å². The molecule has 2 rings (SSSR count). The molecule has 108 valence electrons. The molecule has 0 saturated carbocycles. The Kier molecular flexibility index (Phi) is 4.90. The lowest BCUT2D eigenvalue weighted by atomic mass is 10.1. The maximum absolute atomic E-state index is 4.52. The molecule has 1 heterocycles. The van der Waals surface area contributed by atoms with Gasteiger partial charge in [-0.15, -0.1) is 0 Å². The maximum atomic E-state index is 4.52. The van der Waals surface area contributed by atoms with E-state index in [0.717, 1.165) is 25.5 Å². The molecule has 0 aliphatic carbocycles. The molecule has 4 heteroatoms. The Morgan fingerprint density at radius 2 is 2.05 bits per heavy atom. The summed E-state index contributed by atoms with van der Waals surface area (Å²) in [5, 5.41) is 7.88. The summed E-state index contributed by atoms with van der Waals surface area (Å²) in [6, 6.07) is 6.52. The summed E-state index contributed by atoms with van der Waals surface area (Å²) >= 11 is 0. The van der Waals surface area contributed by atoms with E-state index in [1.54, 1.807) is 0 Å². The first-order chi connectivity index (χ1) is 9.54. The monoisotopic (exact) mass is 272 g/mol. The Labute approximate surface area is 121 Å². The van der Waals surface area contributed by atoms with Crippen molar-refractivity contribution in [1.29, 1.82) is 0 Å². The second-order valence-corrected chi connectivity index (χ2v) is 5.81. The fourth-order valence-corrected chi connectivity index (χ4v) is 2.11. The van der Waals surface area contributed by atoms with Crippen LogP contribution in [0.15, 0.2) is 24.5 Å². The molecule has 1 N–H and O–H groups in total. The molecule has 1 aromatic carbocycles. The summed E-state index contributed by atoms with van der Waals surface area (Å²) in [7, 11) is 0. The van der Waals surface area contributed by atoms with E-state index in [0.29, 0.717) is 5.92 Å². The molecule has 0 aliphatic heterocycles. The molecule has 0 aliphatic rings. The van der Waals surface area contributed by atoms with E-state index >= 15 is 0 Å². The standard InChI is InChI=1S/C16H24N4/c1-12(2)8-17-9-16-18-11-20(19-16)10-15-7-13(3)5-6-14(15)4/h5-7,11-12,17H,8-10H2,1-4H3. The van der Waals surface area contributed by atoms with Crippen LogP contribution in [0.2, 0.25) is 0 Å². The van der Waals surface area contributed by atoms with Gasteiger partial charge >= 0.3 is 0 Å². The summed E-state index contributed by atoms with van der Waals surface area (Å²) in [5.41, 5.74) is 3.88. The van der Waals surface area contributed by atoms with Crippen molar-refractivity contribution in [3.63, 3.8) is 0 Å². The highest BCUT2D eigenvalue weighted by Crippen LogP contribution is 2.11. The number of nitrogens with zero attached hydrogens (tertiary/aromatic N) is 3. The fraction of sp³-hybridized carbons (Fsp3) is 0.500. The smallest absolute Gasteiger partial charge is 0.164 e. The van der Waals surface area contributed by atoms with Crippen LogP contribution < -0.4 is 5.32 Å². The van der Waals surface area contributed by atoms with Crippen molar-refractivity contribution < 1.29 is 0 Å². The van der Waals surface area contributed by atoms with Crippen molar-refractivity contribution in [3.8, 4) is 0 Å². The van der Waals surface area contributed by atoms with Crippen molar-refractivity contribution in [3.05, 3.63) is 47.0 Å². The molecule has 0 radical (unpaired) electrons. The quantitative estimate of drug-likeness (QED) is 0.879. The van der Waals surface area contributed by atoms with Crippen LogP contribution in [-0.4, -0.2) is 21.3 Å². The third kappa shape index (κ3) is 4.17. The summed E-state index contributed by atoms with van der Waals surface area (Å²) in [4.78, 5) is 4.35. The van der Waals surface area contributed by atoms with Crippen molar-refractivity contribution in [1.82, 2.24) is 20.1 Å². The number of benzene rings is 1. The molecule has 0 saturated heterocycles. The zero-order valence-corrected chi connectivity index (χ0v) is 12.8. The molecule has 4 nitrogen and oxygen atoms in total. The van der Waals surface area contributed by atoms with Gasteiger partial charge < -0.3 is 5.32 Å². The summed E-state index contributed by atoms with van der Waals surface area (Å²) in [5.74, 6) is 1.50. The number of aromatic nitrogens is 3. The normalized spacial score (nSPS) is 11.2. The first-order valence-electron chi connectivity index (χ1n) is 7.20. The fourth-order valence-electron chi connectivity index (χ4n) is 2.11. The molecule has 0 unspecified atom stereocenters. The molecule has 0 atom stereocenters. The molecular weight excluding hydrogens is 248 g/mol. The van der Waals surface area contributed by atoms with Crippen molar-refractivity contribution in [2.75, 3.05) is 6.54 Å². The van der Waals surface area contributed by atoms with Crippen LogP contribution in [-0.2, 0) is 13.1 Å². The third-order valence-corrected chi connectivity index (χ3v) is 3.26. The Bertz CT molecular complexity index is 557. The minimum Gasteiger partial charge on any atom is -0.310 e. The predicted octanol–water partition coefficient (Wildman–Crippen LogP) is 2.69. The number of hydrogen-bond acceptors (Lipinski definition) is 3. The summed E-state index contributed by atoms with van der Waals surface area (Å²) in [6.45, 7) is 11.1. The lowest BCUT2D eigenvalue weighted by Gasteiger charge is -2.07. The van der Waals surface area contributed by atoms with Gasteiger partial charge in [-0.25, -0.2) is 9.67 Å². The van der Waals surface area contributed by atoms with E-state index in [1.165, 1.54) is 16.7 Å². The zero-order valence-electron chi connectivity index (χ0n) is 12.8. The Balaban J connectivity index is 1.97. The average molecular weight is 272 g/mol. The molecule has 0 amide bonds. The van der Waals surface area contributed by atoms with Gasteiger partial charge in [0.25, 0.3) is 0 Å². The molecule has 0 spiro atoms. The van der Waals surface area contributed by atoms with Crippen LogP contribution in [0.1, 0.15) is 36.4 Å². The lowest BCUT2D eigenvalue weighted by Crippen LogP contribution is -2.19. The van der Waals surface area contributed by atoms with Gasteiger partial charge in [-0.1, -0.05) is 37.6 Å². The first-order valence-corrected chi connectivity index (χ1v) is 7.20. The van der Waals surface area contributed by atoms with Gasteiger partial charge in [-0.05, 0) is 37.4 Å². The number of hydrogen-bond donors (Lipinski definition) is 1. The van der Waals surface area contributed by atoms with E-state index in [9.17, 15) is 0 Å². The van der Waals surface area contributed by atoms with Crippen molar-refractivity contribution in [2.24, 2.45) is 5.92 Å². The highest BCUT2D eigenvalue weighted by molar-refractivity contribution is 5.30. The van der Waals surface area contributed by atoms with Gasteiger partial charge in [0.2, 0.25) is 0 Å². The number of aryl methyl sites for hydroxylation is 2. The third-order valence-electron chi connectivity index (χ3n) is 3.26. The van der Waals surface area contributed by atoms with Crippen LogP contribution >= 0.6 is 0 Å². The van der Waals surface area contributed by atoms with E-state index in [-0.39, 0.29) is 0 Å². The second-order valence-electron chi connectivity index (χ2n) is 5.81. The minimum atomic E-state index is 0.645. The minimum absolute atomic E-state index is 0.645. The highest BCUT2D eigenvalue weighted by atomic mass is 15.3. The summed E-state index contributed by atoms with van der Waals surface area (Å²) < 4.78 is 1.91. The number of rotatable bonds is 6. The van der Waals surface area contributed by atoms with Gasteiger partial charge in [-0.3, -0.25) is 0 Å². The largest absolute Gasteiger partial charge is 0.310 e. The molecular formula is C16H24N4. The van der Waals surface area contributed by atoms with Gasteiger partial charge in [0, 0.05) is 0 Å². The van der Waals surface area contributed by atoms with E-state index < -0.39 is 0 Å². The molecule has 0 bridgehead atoms. The first kappa shape index (κ1) is 14.7. The number of nitrogens with one attached hydrogen (secondary N) is 1. The maximum Gasteiger partial charge on any atom is 0.164 e. The van der Waals surface area contributed by atoms with Crippen molar-refractivity contribution in [2.45, 2.75) is 40.8 Å². The van der Waals surface area contributed by atoms with Crippen LogP contribution in [0.5, 0.6) is 0 Å². The predicted molar refractivity (Wildman–Crippen MR) is 81.6 cm³/mol. The van der Waals surface area contributed by atoms with E-state index in [2.05, 4.69) is 61.3 Å². The van der Waals surface area contributed by atoms with E-state index in [1.807, 2.05) is 11.0 Å². The lowest BCUT2D eigenvalue weighted by molar-refractivity contribution is 0.539. The second kappa shape index (κ2) is 6.66. The van der Waals surface area contributed by atoms with Crippen LogP contribution in [0.3, 0.4) is 0 Å². The topological polar surface area (TPSA) is 42.7 Å². The molecule has 0 fully saturated rings. The van der Waals surface area contributed by atoms with E-state index in [4.69, 9.17) is 0 Å². The van der Waals surface area contributed by atoms with Gasteiger partial charge in [0.05, 0.1) is 13.1 Å². The SMILES string of the molecule is Cc1ccc(C)c(Cn2cnc(CNCC(C)C)n2)c1. The summed E-state index contributed by atoms with van der Waals surface area (Å²) in [6.07, 6.45) is 1.81. The Morgan fingerprint density at radius 3 is 2.80 bits per heavy atom. The average Bonchev–Trinajstić information content (AvgIpc) is 2.81. The zero-order chi connectivity index (χ0) is 14.5. The highest BCUT2D eigenvalue weighted by Gasteiger charge is 2.04.